The van der Waals surface area contributed by atoms with Crippen LogP contribution in [0.1, 0.15) is 101 Å². The summed E-state index contributed by atoms with van der Waals surface area (Å²) in [5.41, 5.74) is 10.9. The summed E-state index contributed by atoms with van der Waals surface area (Å²) in [6.07, 6.45) is 5.56. The maximum absolute atomic E-state index is 6.77. The number of aromatic nitrogens is 4. The van der Waals surface area contributed by atoms with Crippen molar-refractivity contribution in [1.29, 1.82) is 0 Å². The molecular formula is C43H48N4O. The van der Waals surface area contributed by atoms with Crippen LogP contribution in [0.3, 0.4) is 0 Å². The molecule has 0 amide bonds. The lowest BCUT2D eigenvalue weighted by Gasteiger charge is -2.33. The topological polar surface area (TPSA) is 44.9 Å². The third-order valence-corrected chi connectivity index (χ3v) is 10.2. The molecule has 0 saturated heterocycles. The second-order valence-electron chi connectivity index (χ2n) is 14.8. The molecule has 6 aromatic rings. The van der Waals surface area contributed by atoms with E-state index in [9.17, 15) is 0 Å². The predicted molar refractivity (Wildman–Crippen MR) is 199 cm³/mol. The first-order valence-corrected chi connectivity index (χ1v) is 17.6. The molecule has 0 fully saturated rings. The lowest BCUT2D eigenvalue weighted by molar-refractivity contribution is 0.389. The van der Waals surface area contributed by atoms with E-state index < -0.39 is 0 Å². The second-order valence-corrected chi connectivity index (χ2v) is 14.8. The van der Waals surface area contributed by atoms with Crippen LogP contribution in [0, 0.1) is 25.7 Å². The molecule has 1 unspecified atom stereocenters. The van der Waals surface area contributed by atoms with Crippen molar-refractivity contribution in [1.82, 2.24) is 19.3 Å². The minimum atomic E-state index is 0.312. The third kappa shape index (κ3) is 5.63. The molecule has 0 bridgehead atoms. The number of benzene rings is 3. The summed E-state index contributed by atoms with van der Waals surface area (Å²) in [6.45, 7) is 20.4. The predicted octanol–water partition coefficient (Wildman–Crippen LogP) is 11.7. The van der Waals surface area contributed by atoms with Gasteiger partial charge < -0.3 is 4.74 Å². The van der Waals surface area contributed by atoms with Crippen LogP contribution in [-0.2, 0) is 0 Å². The molecule has 0 radical (unpaired) electrons. The number of aryl methyl sites for hydroxylation is 2. The minimum Gasteiger partial charge on any atom is -0.457 e. The standard InChI is InChI=1S/C43H48N4O/c1-25(2)32-21-33(47-43(26(3)4)42(31(9)45-47)41-29(7)18-28(6)19-30(41)8)23-35(22-32)48-34-14-15-37-36-12-10-11-13-38(36)46(39(37)24-34)40-20-27(5)16-17-44-40/h10-18,20-26,28,30,41H,19H2,1-9H3/t28?,30-,41+/m0/s1. The van der Waals surface area contributed by atoms with E-state index in [1.807, 2.05) is 12.3 Å². The van der Waals surface area contributed by atoms with Crippen molar-refractivity contribution in [2.75, 3.05) is 0 Å². The normalized spacial score (nSPS) is 18.3. The summed E-state index contributed by atoms with van der Waals surface area (Å²) in [5.74, 6) is 4.72. The van der Waals surface area contributed by atoms with Gasteiger partial charge >= 0.3 is 0 Å². The summed E-state index contributed by atoms with van der Waals surface area (Å²) >= 11 is 0. The Morgan fingerprint density at radius 3 is 2.29 bits per heavy atom. The number of rotatable bonds is 7. The molecule has 246 valence electrons. The Kier molecular flexibility index (Phi) is 8.27. The quantitative estimate of drug-likeness (QED) is 0.164. The first-order valence-electron chi connectivity index (χ1n) is 17.6. The van der Waals surface area contributed by atoms with Gasteiger partial charge in [-0.15, -0.1) is 0 Å². The maximum atomic E-state index is 6.77. The van der Waals surface area contributed by atoms with Crippen LogP contribution in [0.25, 0.3) is 33.3 Å². The molecule has 5 nitrogen and oxygen atoms in total. The molecule has 48 heavy (non-hydrogen) atoms. The van der Waals surface area contributed by atoms with Crippen LogP contribution in [0.4, 0.5) is 0 Å². The third-order valence-electron chi connectivity index (χ3n) is 10.2. The van der Waals surface area contributed by atoms with Gasteiger partial charge in [-0.05, 0) is 104 Å². The van der Waals surface area contributed by atoms with Gasteiger partial charge in [-0.1, -0.05) is 71.4 Å². The number of hydrogen-bond acceptors (Lipinski definition) is 3. The van der Waals surface area contributed by atoms with Crippen LogP contribution in [-0.4, -0.2) is 19.3 Å². The average Bonchev–Trinajstić information content (AvgIpc) is 3.55. The van der Waals surface area contributed by atoms with E-state index in [1.54, 1.807) is 0 Å². The van der Waals surface area contributed by atoms with E-state index >= 15 is 0 Å². The van der Waals surface area contributed by atoms with E-state index in [2.05, 4.69) is 144 Å². The summed E-state index contributed by atoms with van der Waals surface area (Å²) in [5, 5.41) is 7.63. The highest BCUT2D eigenvalue weighted by Crippen LogP contribution is 2.45. The molecule has 0 saturated carbocycles. The molecule has 0 aliphatic heterocycles. The zero-order valence-corrected chi connectivity index (χ0v) is 29.9. The molecule has 3 atom stereocenters. The van der Waals surface area contributed by atoms with Crippen LogP contribution in [0.5, 0.6) is 11.5 Å². The van der Waals surface area contributed by atoms with Gasteiger partial charge in [-0.2, -0.15) is 5.10 Å². The lowest BCUT2D eigenvalue weighted by atomic mass is 9.71. The summed E-state index contributed by atoms with van der Waals surface area (Å²) in [6, 6.07) is 25.7. The molecule has 0 spiro atoms. The molecule has 0 N–H and O–H groups in total. The Bertz CT molecular complexity index is 2180. The molecule has 3 aromatic heterocycles. The van der Waals surface area contributed by atoms with Crippen LogP contribution in [0.15, 0.2) is 90.6 Å². The van der Waals surface area contributed by atoms with Gasteiger partial charge in [0, 0.05) is 40.6 Å². The Labute approximate surface area is 285 Å². The first-order chi connectivity index (χ1) is 23.0. The smallest absolute Gasteiger partial charge is 0.137 e. The van der Waals surface area contributed by atoms with Gasteiger partial charge in [-0.3, -0.25) is 4.57 Å². The Morgan fingerprint density at radius 1 is 0.792 bits per heavy atom. The highest BCUT2D eigenvalue weighted by atomic mass is 16.5. The maximum Gasteiger partial charge on any atom is 0.137 e. The van der Waals surface area contributed by atoms with Crippen LogP contribution in [0.2, 0.25) is 0 Å². The average molecular weight is 637 g/mol. The second kappa shape index (κ2) is 12.4. The molecule has 3 aromatic carbocycles. The zero-order chi connectivity index (χ0) is 33.9. The van der Waals surface area contributed by atoms with Crippen LogP contribution < -0.4 is 4.74 Å². The first kappa shape index (κ1) is 31.9. The number of pyridine rings is 1. The van der Waals surface area contributed by atoms with Gasteiger partial charge in [0.2, 0.25) is 0 Å². The highest BCUT2D eigenvalue weighted by Gasteiger charge is 2.33. The van der Waals surface area contributed by atoms with E-state index in [4.69, 9.17) is 14.8 Å². The Morgan fingerprint density at radius 2 is 1.56 bits per heavy atom. The molecule has 5 heteroatoms. The highest BCUT2D eigenvalue weighted by molar-refractivity contribution is 6.09. The van der Waals surface area contributed by atoms with Gasteiger partial charge in [0.25, 0.3) is 0 Å². The number of nitrogens with zero attached hydrogens (tertiary/aromatic N) is 4. The number of ether oxygens (including phenoxy) is 1. The summed E-state index contributed by atoms with van der Waals surface area (Å²) < 4.78 is 11.2. The zero-order valence-electron chi connectivity index (χ0n) is 29.9. The van der Waals surface area contributed by atoms with Crippen molar-refractivity contribution in [3.05, 3.63) is 119 Å². The van der Waals surface area contributed by atoms with E-state index in [0.29, 0.717) is 29.6 Å². The molecule has 1 aliphatic carbocycles. The fourth-order valence-electron chi connectivity index (χ4n) is 8.16. The Balaban J connectivity index is 1.35. The van der Waals surface area contributed by atoms with Crippen molar-refractivity contribution in [3.8, 4) is 23.0 Å². The fraction of sp³-hybridized carbons (Fsp3) is 0.349. The van der Waals surface area contributed by atoms with Gasteiger partial charge in [-0.25, -0.2) is 9.67 Å². The number of hydrogen-bond donors (Lipinski definition) is 0. The number of allylic oxidation sites excluding steroid dienone is 2. The Hall–Kier alpha value is -4.64. The SMILES string of the molecule is CC1=CC(C)C[C@H](C)[C@@H]1c1c(C)nn(-c2cc(Oc3ccc4c5ccccc5n(-c5cc(C)ccn5)c4c3)cc(C(C)C)c2)c1C(C)C. The van der Waals surface area contributed by atoms with E-state index in [-0.39, 0.29) is 0 Å². The van der Waals surface area contributed by atoms with Crippen molar-refractivity contribution < 1.29 is 4.74 Å². The van der Waals surface area contributed by atoms with E-state index in [1.165, 1.54) is 45.2 Å². The minimum absolute atomic E-state index is 0.312. The monoisotopic (exact) mass is 636 g/mol. The summed E-state index contributed by atoms with van der Waals surface area (Å²) in [4.78, 5) is 4.76. The van der Waals surface area contributed by atoms with Crippen molar-refractivity contribution in [2.24, 2.45) is 11.8 Å². The van der Waals surface area contributed by atoms with Gasteiger partial charge in [0.05, 0.1) is 28.1 Å². The molecule has 7 rings (SSSR count). The molecular weight excluding hydrogens is 589 g/mol. The van der Waals surface area contributed by atoms with Gasteiger partial charge in [0.1, 0.15) is 17.3 Å². The van der Waals surface area contributed by atoms with Crippen molar-refractivity contribution in [3.63, 3.8) is 0 Å². The number of fused-ring (bicyclic) bond motifs is 3. The summed E-state index contributed by atoms with van der Waals surface area (Å²) in [7, 11) is 0. The van der Waals surface area contributed by atoms with Gasteiger partial charge in [0.15, 0.2) is 0 Å². The lowest BCUT2D eigenvalue weighted by Crippen LogP contribution is -2.21. The number of para-hydroxylation sites is 1. The molecule has 3 heterocycles. The van der Waals surface area contributed by atoms with Crippen molar-refractivity contribution in [2.45, 2.75) is 86.5 Å². The van der Waals surface area contributed by atoms with E-state index in [0.717, 1.165) is 39.7 Å². The largest absolute Gasteiger partial charge is 0.457 e. The fourth-order valence-corrected chi connectivity index (χ4v) is 8.16. The molecule has 1 aliphatic rings. The van der Waals surface area contributed by atoms with Crippen LogP contribution >= 0.6 is 0 Å². The van der Waals surface area contributed by atoms with Crippen molar-refractivity contribution >= 4 is 21.8 Å².